The van der Waals surface area contributed by atoms with E-state index in [-0.39, 0.29) is 0 Å². The van der Waals surface area contributed by atoms with Gasteiger partial charge in [0.25, 0.3) is 5.91 Å². The summed E-state index contributed by atoms with van der Waals surface area (Å²) >= 11 is 0. The second-order valence-electron chi connectivity index (χ2n) is 5.77. The monoisotopic (exact) mass is 338 g/mol. The molecule has 2 amide bonds. The summed E-state index contributed by atoms with van der Waals surface area (Å²) in [4.78, 5) is 24.4. The van der Waals surface area contributed by atoms with E-state index in [2.05, 4.69) is 19.1 Å². The average molecular weight is 338 g/mol. The first-order valence-electron chi connectivity index (χ1n) is 8.13. The smallest absolute Gasteiger partial charge is 0.267 e. The molecule has 0 aromatic heterocycles. The summed E-state index contributed by atoms with van der Waals surface area (Å²) in [6.07, 6.45) is 4.40. The molecule has 5 heteroatoms. The van der Waals surface area contributed by atoms with Crippen molar-refractivity contribution in [2.24, 2.45) is 0 Å². The average Bonchev–Trinajstić information content (AvgIpc) is 2.67. The van der Waals surface area contributed by atoms with E-state index in [1.807, 2.05) is 42.5 Å². The van der Waals surface area contributed by atoms with Crippen LogP contribution in [0.1, 0.15) is 30.4 Å². The minimum absolute atomic E-state index is 0.325. The minimum Gasteiger partial charge on any atom is -0.314 e. The van der Waals surface area contributed by atoms with Crippen LogP contribution in [0.15, 0.2) is 60.7 Å². The minimum atomic E-state index is -0.620. The Morgan fingerprint density at radius 1 is 1.16 bits per heavy atom. The first kappa shape index (κ1) is 18.4. The standard InChI is InChI=1S/C20H22N2O3/c1-16(17-7-3-2-4-8-17)13-14-22(15-23)19-10-6-5-9-18(19)11-12-20(24)21-25/h2-12,15-16,25H,13-14H2,1H3,(H,21,24)/b12-11+. The van der Waals surface area contributed by atoms with E-state index in [4.69, 9.17) is 5.21 Å². The Morgan fingerprint density at radius 3 is 2.52 bits per heavy atom. The van der Waals surface area contributed by atoms with Gasteiger partial charge in [0.05, 0.1) is 5.69 Å². The number of hydrogen-bond donors (Lipinski definition) is 2. The second-order valence-corrected chi connectivity index (χ2v) is 5.77. The van der Waals surface area contributed by atoms with Crippen molar-refractivity contribution in [2.75, 3.05) is 11.4 Å². The number of carbonyl (C=O) groups excluding carboxylic acids is 2. The van der Waals surface area contributed by atoms with E-state index in [0.29, 0.717) is 12.5 Å². The van der Waals surface area contributed by atoms with Gasteiger partial charge in [-0.1, -0.05) is 55.5 Å². The van der Waals surface area contributed by atoms with Crippen molar-refractivity contribution in [3.63, 3.8) is 0 Å². The predicted octanol–water partition coefficient (Wildman–Crippen LogP) is 3.36. The highest BCUT2D eigenvalue weighted by Crippen LogP contribution is 2.24. The van der Waals surface area contributed by atoms with E-state index < -0.39 is 5.91 Å². The summed E-state index contributed by atoms with van der Waals surface area (Å²) in [7, 11) is 0. The van der Waals surface area contributed by atoms with Gasteiger partial charge >= 0.3 is 0 Å². The highest BCUT2D eigenvalue weighted by atomic mass is 16.5. The fourth-order valence-electron chi connectivity index (χ4n) is 2.60. The third-order valence-electron chi connectivity index (χ3n) is 4.07. The van der Waals surface area contributed by atoms with Crippen molar-refractivity contribution in [3.05, 3.63) is 71.8 Å². The number of benzene rings is 2. The number of para-hydroxylation sites is 1. The van der Waals surface area contributed by atoms with Crippen LogP contribution in [0.2, 0.25) is 0 Å². The summed E-state index contributed by atoms with van der Waals surface area (Å²) in [5, 5.41) is 8.57. The summed E-state index contributed by atoms with van der Waals surface area (Å²) < 4.78 is 0. The Labute approximate surface area is 147 Å². The molecule has 0 fully saturated rings. The van der Waals surface area contributed by atoms with Crippen LogP contribution in [0.4, 0.5) is 5.69 Å². The molecule has 25 heavy (non-hydrogen) atoms. The molecular formula is C20H22N2O3. The molecule has 130 valence electrons. The third kappa shape index (κ3) is 5.29. The Hall–Kier alpha value is -2.92. The molecule has 0 aliphatic carbocycles. The Morgan fingerprint density at radius 2 is 1.84 bits per heavy atom. The van der Waals surface area contributed by atoms with Crippen LogP contribution in [-0.2, 0) is 9.59 Å². The number of nitrogens with one attached hydrogen (secondary N) is 1. The van der Waals surface area contributed by atoms with Crippen molar-refractivity contribution >= 4 is 24.1 Å². The molecule has 2 aromatic carbocycles. The van der Waals surface area contributed by atoms with Crippen LogP contribution in [0.25, 0.3) is 6.08 Å². The van der Waals surface area contributed by atoms with Gasteiger partial charge in [-0.05, 0) is 35.6 Å². The Bertz CT molecular complexity index is 729. The zero-order chi connectivity index (χ0) is 18.1. The van der Waals surface area contributed by atoms with Crippen molar-refractivity contribution in [2.45, 2.75) is 19.3 Å². The van der Waals surface area contributed by atoms with Gasteiger partial charge in [0.15, 0.2) is 0 Å². The van der Waals surface area contributed by atoms with Gasteiger partial charge in [0.1, 0.15) is 0 Å². The molecule has 5 nitrogen and oxygen atoms in total. The van der Waals surface area contributed by atoms with Gasteiger partial charge in [0.2, 0.25) is 6.41 Å². The van der Waals surface area contributed by atoms with E-state index in [1.165, 1.54) is 11.6 Å². The molecule has 1 unspecified atom stereocenters. The molecule has 1 atom stereocenters. The molecule has 0 spiro atoms. The van der Waals surface area contributed by atoms with Gasteiger partial charge in [0, 0.05) is 12.6 Å². The fourth-order valence-corrected chi connectivity index (χ4v) is 2.60. The summed E-state index contributed by atoms with van der Waals surface area (Å²) in [5.41, 5.74) is 4.23. The SMILES string of the molecule is CC(CCN(C=O)c1ccccc1/C=C/C(=O)NO)c1ccccc1. The molecule has 2 rings (SSSR count). The molecule has 0 saturated heterocycles. The topological polar surface area (TPSA) is 69.6 Å². The molecule has 2 N–H and O–H groups in total. The van der Waals surface area contributed by atoms with Gasteiger partial charge < -0.3 is 4.90 Å². The van der Waals surface area contributed by atoms with Crippen LogP contribution in [0.3, 0.4) is 0 Å². The summed E-state index contributed by atoms with van der Waals surface area (Å²) in [6.45, 7) is 2.70. The molecular weight excluding hydrogens is 316 g/mol. The lowest BCUT2D eigenvalue weighted by molar-refractivity contribution is -0.124. The Balaban J connectivity index is 2.11. The largest absolute Gasteiger partial charge is 0.314 e. The Kier molecular flexibility index (Phi) is 6.92. The predicted molar refractivity (Wildman–Crippen MR) is 98.3 cm³/mol. The molecule has 0 radical (unpaired) electrons. The zero-order valence-corrected chi connectivity index (χ0v) is 14.1. The number of hydrogen-bond acceptors (Lipinski definition) is 3. The third-order valence-corrected chi connectivity index (χ3v) is 4.07. The highest BCUT2D eigenvalue weighted by molar-refractivity contribution is 5.92. The molecule has 0 heterocycles. The fraction of sp³-hybridized carbons (Fsp3) is 0.200. The number of nitrogens with zero attached hydrogens (tertiary/aromatic N) is 1. The maximum atomic E-state index is 11.6. The molecule has 0 aliphatic rings. The lowest BCUT2D eigenvalue weighted by Gasteiger charge is -2.22. The molecule has 0 bridgehead atoms. The highest BCUT2D eigenvalue weighted by Gasteiger charge is 2.12. The summed E-state index contributed by atoms with van der Waals surface area (Å²) in [5.74, 6) is -0.295. The van der Waals surface area contributed by atoms with E-state index in [0.717, 1.165) is 24.1 Å². The zero-order valence-electron chi connectivity index (χ0n) is 14.1. The quantitative estimate of drug-likeness (QED) is 0.336. The lowest BCUT2D eigenvalue weighted by Crippen LogP contribution is -2.24. The molecule has 2 aromatic rings. The van der Waals surface area contributed by atoms with Gasteiger partial charge in [-0.15, -0.1) is 0 Å². The molecule has 0 saturated carbocycles. The maximum Gasteiger partial charge on any atom is 0.267 e. The van der Waals surface area contributed by atoms with Crippen molar-refractivity contribution in [1.82, 2.24) is 5.48 Å². The van der Waals surface area contributed by atoms with Crippen LogP contribution in [0.5, 0.6) is 0 Å². The maximum absolute atomic E-state index is 11.6. The van der Waals surface area contributed by atoms with Gasteiger partial charge in [-0.25, -0.2) is 5.48 Å². The first-order chi connectivity index (χ1) is 12.2. The van der Waals surface area contributed by atoms with Crippen LogP contribution >= 0.6 is 0 Å². The number of amides is 2. The number of carbonyl (C=O) groups is 2. The molecule has 0 aliphatic heterocycles. The van der Waals surface area contributed by atoms with Crippen LogP contribution in [-0.4, -0.2) is 24.1 Å². The van der Waals surface area contributed by atoms with Crippen LogP contribution in [0, 0.1) is 0 Å². The second kappa shape index (κ2) is 9.39. The normalized spacial score (nSPS) is 11.9. The van der Waals surface area contributed by atoms with Crippen LogP contribution < -0.4 is 10.4 Å². The van der Waals surface area contributed by atoms with E-state index in [9.17, 15) is 9.59 Å². The van der Waals surface area contributed by atoms with Crippen molar-refractivity contribution in [3.8, 4) is 0 Å². The van der Waals surface area contributed by atoms with Crippen molar-refractivity contribution in [1.29, 1.82) is 0 Å². The van der Waals surface area contributed by atoms with Gasteiger partial charge in [-0.3, -0.25) is 14.8 Å². The summed E-state index contributed by atoms with van der Waals surface area (Å²) in [6, 6.07) is 17.5. The van der Waals surface area contributed by atoms with Gasteiger partial charge in [-0.2, -0.15) is 0 Å². The van der Waals surface area contributed by atoms with Crippen molar-refractivity contribution < 1.29 is 14.8 Å². The number of rotatable bonds is 8. The first-order valence-corrected chi connectivity index (χ1v) is 8.13. The number of hydroxylamine groups is 1. The lowest BCUT2D eigenvalue weighted by atomic mass is 9.97. The van der Waals surface area contributed by atoms with E-state index >= 15 is 0 Å². The van der Waals surface area contributed by atoms with E-state index in [1.54, 1.807) is 16.5 Å². The number of anilines is 1.